The van der Waals surface area contributed by atoms with Crippen molar-refractivity contribution in [3.63, 3.8) is 0 Å². The number of ether oxygens (including phenoxy) is 4. The lowest BCUT2D eigenvalue weighted by Crippen LogP contribution is -2.57. The number of carbonyl (C=O) groups is 2. The van der Waals surface area contributed by atoms with E-state index in [1.807, 2.05) is 0 Å². The van der Waals surface area contributed by atoms with Gasteiger partial charge >= 0.3 is 0 Å². The molecule has 1 saturated heterocycles. The second-order valence-electron chi connectivity index (χ2n) is 8.90. The lowest BCUT2D eigenvalue weighted by molar-refractivity contribution is -0.294. The second-order valence-corrected chi connectivity index (χ2v) is 8.90. The van der Waals surface area contributed by atoms with E-state index in [9.17, 15) is 24.9 Å². The minimum Gasteiger partial charge on any atom is -0.388 e. The zero-order valence-electron chi connectivity index (χ0n) is 22.1. The van der Waals surface area contributed by atoms with Crippen LogP contribution in [0.3, 0.4) is 0 Å². The molecule has 1 aliphatic heterocycles. The summed E-state index contributed by atoms with van der Waals surface area (Å²) in [7, 11) is 1.55. The first-order chi connectivity index (χ1) is 18.8. The lowest BCUT2D eigenvalue weighted by Gasteiger charge is -2.38. The van der Waals surface area contributed by atoms with E-state index in [0.717, 1.165) is 5.56 Å². The summed E-state index contributed by atoms with van der Waals surface area (Å²) in [5.41, 5.74) is 1.96. The molecule has 14 heteroatoms. The third-order valence-electron chi connectivity index (χ3n) is 6.05. The molecule has 0 bridgehead atoms. The highest BCUT2D eigenvalue weighted by molar-refractivity contribution is 5.94. The number of rotatable bonds is 15. The van der Waals surface area contributed by atoms with Gasteiger partial charge in [0.25, 0.3) is 5.91 Å². The third-order valence-corrected chi connectivity index (χ3v) is 6.05. The topological polar surface area (TPSA) is 187 Å². The Morgan fingerprint density at radius 2 is 1.69 bits per heavy atom. The fourth-order valence-corrected chi connectivity index (χ4v) is 3.70. The molecule has 1 unspecified atom stereocenters. The van der Waals surface area contributed by atoms with E-state index in [1.54, 1.807) is 49.1 Å². The predicted octanol–water partition coefficient (Wildman–Crippen LogP) is -1.31. The highest BCUT2D eigenvalue weighted by Crippen LogP contribution is 2.21. The first-order valence-corrected chi connectivity index (χ1v) is 12.8. The fraction of sp³-hybridized carbons (Fsp3) is 0.600. The monoisotopic (exact) mass is 551 g/mol. The number of hydrogen-bond acceptors (Lipinski definition) is 11. The molecule has 0 aliphatic carbocycles. The molecule has 1 aromatic heterocycles. The van der Waals surface area contributed by atoms with Crippen LogP contribution in [-0.4, -0.2) is 119 Å². The Morgan fingerprint density at radius 1 is 1.00 bits per heavy atom. The Balaban J connectivity index is 1.27. The molecule has 3 rings (SSSR count). The van der Waals surface area contributed by atoms with Crippen molar-refractivity contribution < 1.29 is 43.9 Å². The van der Waals surface area contributed by atoms with Crippen LogP contribution in [0.4, 0.5) is 0 Å². The highest BCUT2D eigenvalue weighted by Gasteiger charge is 2.42. The standard InChI is InChI=1S/C25H37N5O9/c1-16-21(32)22(33)23(34)25(39-16)38-14-13-37-12-11-36-10-9-30-15-19(28-29-30)17-3-5-18(6-4-17)24(35)27-8-7-20(31)26-2/h3-6,15-16,21-23,25,32-34H,7-14H2,1-2H3,(H,26,31)(H,27,35)/t16-,21+,22+,23-,25?/m0/s1. The van der Waals surface area contributed by atoms with E-state index in [2.05, 4.69) is 20.9 Å². The summed E-state index contributed by atoms with van der Waals surface area (Å²) < 4.78 is 23.4. The van der Waals surface area contributed by atoms with Crippen molar-refractivity contribution in [2.75, 3.05) is 46.6 Å². The minimum absolute atomic E-state index is 0.137. The van der Waals surface area contributed by atoms with Crippen molar-refractivity contribution in [3.05, 3.63) is 36.0 Å². The van der Waals surface area contributed by atoms with Crippen LogP contribution in [0, 0.1) is 0 Å². The van der Waals surface area contributed by atoms with Crippen molar-refractivity contribution in [1.29, 1.82) is 0 Å². The molecule has 1 aliphatic rings. The van der Waals surface area contributed by atoms with Gasteiger partial charge in [-0.2, -0.15) is 0 Å². The van der Waals surface area contributed by atoms with Gasteiger partial charge in [0.2, 0.25) is 5.91 Å². The van der Waals surface area contributed by atoms with Crippen LogP contribution in [0.1, 0.15) is 23.7 Å². The van der Waals surface area contributed by atoms with E-state index in [1.165, 1.54) is 0 Å². The first kappa shape index (κ1) is 30.6. The smallest absolute Gasteiger partial charge is 0.251 e. The summed E-state index contributed by atoms with van der Waals surface area (Å²) in [6, 6.07) is 6.95. The van der Waals surface area contributed by atoms with E-state index < -0.39 is 30.7 Å². The molecule has 0 spiro atoms. The van der Waals surface area contributed by atoms with Gasteiger partial charge in [0.15, 0.2) is 6.29 Å². The molecule has 5 N–H and O–H groups in total. The van der Waals surface area contributed by atoms with Gasteiger partial charge in [0.1, 0.15) is 24.0 Å². The average Bonchev–Trinajstić information content (AvgIpc) is 3.42. The summed E-state index contributed by atoms with van der Waals surface area (Å²) in [6.45, 7) is 3.82. The number of amides is 2. The van der Waals surface area contributed by atoms with Crippen LogP contribution in [0.5, 0.6) is 0 Å². The quantitative estimate of drug-likeness (QED) is 0.165. The summed E-state index contributed by atoms with van der Waals surface area (Å²) in [5, 5.41) is 42.8. The first-order valence-electron chi connectivity index (χ1n) is 12.8. The van der Waals surface area contributed by atoms with Crippen LogP contribution < -0.4 is 10.6 Å². The molecule has 2 amide bonds. The van der Waals surface area contributed by atoms with Crippen LogP contribution in [-0.2, 0) is 30.3 Å². The van der Waals surface area contributed by atoms with E-state index in [0.29, 0.717) is 37.6 Å². The van der Waals surface area contributed by atoms with Gasteiger partial charge in [-0.15, -0.1) is 5.10 Å². The molecule has 1 aromatic carbocycles. The minimum atomic E-state index is -1.34. The average molecular weight is 552 g/mol. The lowest BCUT2D eigenvalue weighted by atomic mass is 10.0. The number of nitrogens with one attached hydrogen (secondary N) is 2. The summed E-state index contributed by atoms with van der Waals surface area (Å²) in [4.78, 5) is 23.4. The molecule has 5 atom stereocenters. The Kier molecular flexibility index (Phi) is 12.2. The number of aliphatic hydroxyl groups is 3. The van der Waals surface area contributed by atoms with Crippen LogP contribution in [0.25, 0.3) is 11.3 Å². The Bertz CT molecular complexity index is 1040. The Hall–Kier alpha value is -2.98. The van der Waals surface area contributed by atoms with Crippen molar-refractivity contribution >= 4 is 11.8 Å². The van der Waals surface area contributed by atoms with Crippen LogP contribution in [0.15, 0.2) is 30.5 Å². The van der Waals surface area contributed by atoms with E-state index in [-0.39, 0.29) is 38.0 Å². The van der Waals surface area contributed by atoms with Gasteiger partial charge in [-0.3, -0.25) is 9.59 Å². The zero-order valence-corrected chi connectivity index (χ0v) is 22.1. The fourth-order valence-electron chi connectivity index (χ4n) is 3.70. The molecule has 1 fully saturated rings. The van der Waals surface area contributed by atoms with E-state index in [4.69, 9.17) is 18.9 Å². The highest BCUT2D eigenvalue weighted by atomic mass is 16.7. The van der Waals surface area contributed by atoms with Crippen LogP contribution in [0.2, 0.25) is 0 Å². The Labute approximate surface area is 226 Å². The van der Waals surface area contributed by atoms with Gasteiger partial charge in [0, 0.05) is 31.1 Å². The van der Waals surface area contributed by atoms with Gasteiger partial charge < -0.3 is 44.9 Å². The van der Waals surface area contributed by atoms with Crippen molar-refractivity contribution in [2.24, 2.45) is 0 Å². The molecular formula is C25H37N5O9. The largest absolute Gasteiger partial charge is 0.388 e. The predicted molar refractivity (Wildman–Crippen MR) is 136 cm³/mol. The van der Waals surface area contributed by atoms with Crippen molar-refractivity contribution in [1.82, 2.24) is 25.6 Å². The van der Waals surface area contributed by atoms with Gasteiger partial charge in [-0.1, -0.05) is 17.3 Å². The normalized spacial score (nSPS) is 22.9. The molecule has 2 aromatic rings. The zero-order chi connectivity index (χ0) is 28.2. The van der Waals surface area contributed by atoms with Crippen LogP contribution >= 0.6 is 0 Å². The maximum Gasteiger partial charge on any atom is 0.251 e. The molecule has 14 nitrogen and oxygen atoms in total. The SMILES string of the molecule is CNC(=O)CCNC(=O)c1ccc(-c2cn(CCOCCOCCOC3O[C@@H](C)[C@@H](O)[C@@H](O)[C@@H]3O)nn2)cc1. The number of aromatic nitrogens is 3. The summed E-state index contributed by atoms with van der Waals surface area (Å²) in [5.74, 6) is -0.392. The molecular weight excluding hydrogens is 514 g/mol. The van der Waals surface area contributed by atoms with Gasteiger partial charge in [-0.05, 0) is 19.1 Å². The van der Waals surface area contributed by atoms with Crippen molar-refractivity contribution in [2.45, 2.75) is 50.6 Å². The molecule has 39 heavy (non-hydrogen) atoms. The number of hydrogen-bond donors (Lipinski definition) is 5. The summed E-state index contributed by atoms with van der Waals surface area (Å²) in [6.07, 6.45) is -3.52. The number of aliphatic hydroxyl groups excluding tert-OH is 3. The van der Waals surface area contributed by atoms with E-state index >= 15 is 0 Å². The molecule has 0 radical (unpaired) electrons. The van der Waals surface area contributed by atoms with Crippen molar-refractivity contribution in [3.8, 4) is 11.3 Å². The second kappa shape index (κ2) is 15.6. The molecule has 2 heterocycles. The molecule has 0 saturated carbocycles. The molecule has 216 valence electrons. The van der Waals surface area contributed by atoms with Gasteiger partial charge in [0.05, 0.1) is 51.9 Å². The number of carbonyl (C=O) groups excluding carboxylic acids is 2. The maximum absolute atomic E-state index is 12.2. The summed E-state index contributed by atoms with van der Waals surface area (Å²) >= 11 is 0. The maximum atomic E-state index is 12.2. The van der Waals surface area contributed by atoms with Gasteiger partial charge in [-0.25, -0.2) is 4.68 Å². The number of benzene rings is 1. The Morgan fingerprint density at radius 3 is 2.41 bits per heavy atom. The third kappa shape index (κ3) is 9.32. The number of nitrogens with zero attached hydrogens (tertiary/aromatic N) is 3.